The van der Waals surface area contributed by atoms with E-state index in [0.717, 1.165) is 43.9 Å². The van der Waals surface area contributed by atoms with Gasteiger partial charge in [0.1, 0.15) is 10.7 Å². The number of hydrogen-bond acceptors (Lipinski definition) is 3. The maximum atomic E-state index is 13.9. The fraction of sp³-hybridized carbons (Fsp3) is 0.462. The maximum Gasteiger partial charge on any atom is 0.335 e. The quantitative estimate of drug-likeness (QED) is 0.927. The number of sulfonamides is 1. The molecule has 0 amide bonds. The molecule has 0 saturated carbocycles. The van der Waals surface area contributed by atoms with Gasteiger partial charge in [0.2, 0.25) is 10.0 Å². The first-order chi connectivity index (χ1) is 9.43. The van der Waals surface area contributed by atoms with Gasteiger partial charge < -0.3 is 5.11 Å². The van der Waals surface area contributed by atoms with Crippen LogP contribution in [0.25, 0.3) is 0 Å². The van der Waals surface area contributed by atoms with E-state index >= 15 is 0 Å². The molecule has 0 aromatic heterocycles. The standard InChI is InChI=1S/C13H16FNO4S/c14-11-9-10(13(16)17)5-6-12(11)20(18,19)15-7-3-1-2-4-8-15/h5-6,9H,1-4,7-8H2,(H,16,17). The minimum Gasteiger partial charge on any atom is -0.478 e. The van der Waals surface area contributed by atoms with Crippen molar-refractivity contribution >= 4 is 16.0 Å². The molecule has 20 heavy (non-hydrogen) atoms. The normalized spacial score (nSPS) is 17.6. The summed E-state index contributed by atoms with van der Waals surface area (Å²) in [7, 11) is -3.89. The van der Waals surface area contributed by atoms with E-state index in [2.05, 4.69) is 0 Å². The molecule has 7 heteroatoms. The van der Waals surface area contributed by atoms with Crippen LogP contribution in [0.3, 0.4) is 0 Å². The third-order valence-electron chi connectivity index (χ3n) is 3.36. The van der Waals surface area contributed by atoms with Gasteiger partial charge in [0.25, 0.3) is 0 Å². The van der Waals surface area contributed by atoms with Crippen molar-refractivity contribution in [2.75, 3.05) is 13.1 Å². The molecule has 0 aliphatic carbocycles. The number of halogens is 1. The summed E-state index contributed by atoms with van der Waals surface area (Å²) in [5.41, 5.74) is -0.266. The summed E-state index contributed by atoms with van der Waals surface area (Å²) in [6.07, 6.45) is 3.45. The summed E-state index contributed by atoms with van der Waals surface area (Å²) < 4.78 is 39.9. The molecule has 0 unspecified atom stereocenters. The van der Waals surface area contributed by atoms with Gasteiger partial charge in [0.15, 0.2) is 0 Å². The summed E-state index contributed by atoms with van der Waals surface area (Å²) in [4.78, 5) is 10.3. The average molecular weight is 301 g/mol. The van der Waals surface area contributed by atoms with Crippen LogP contribution in [-0.2, 0) is 10.0 Å². The second kappa shape index (κ2) is 5.88. The lowest BCUT2D eigenvalue weighted by Crippen LogP contribution is -2.32. The van der Waals surface area contributed by atoms with Crippen LogP contribution in [-0.4, -0.2) is 36.9 Å². The van der Waals surface area contributed by atoms with Gasteiger partial charge in [-0.05, 0) is 31.0 Å². The van der Waals surface area contributed by atoms with Gasteiger partial charge in [-0.25, -0.2) is 17.6 Å². The molecule has 110 valence electrons. The van der Waals surface area contributed by atoms with Crippen LogP contribution in [0.5, 0.6) is 0 Å². The highest BCUT2D eigenvalue weighted by Gasteiger charge is 2.28. The Morgan fingerprint density at radius 3 is 2.25 bits per heavy atom. The van der Waals surface area contributed by atoms with E-state index in [-0.39, 0.29) is 5.56 Å². The molecule has 1 aliphatic rings. The second-order valence-corrected chi connectivity index (χ2v) is 6.68. The molecule has 1 aliphatic heterocycles. The fourth-order valence-electron chi connectivity index (χ4n) is 2.26. The number of rotatable bonds is 3. The Kier molecular flexibility index (Phi) is 4.39. The van der Waals surface area contributed by atoms with Crippen molar-refractivity contribution in [1.29, 1.82) is 0 Å². The Balaban J connectivity index is 2.36. The van der Waals surface area contributed by atoms with Gasteiger partial charge in [-0.2, -0.15) is 4.31 Å². The summed E-state index contributed by atoms with van der Waals surface area (Å²) in [6.45, 7) is 0.755. The van der Waals surface area contributed by atoms with Crippen LogP contribution >= 0.6 is 0 Å². The third kappa shape index (κ3) is 2.99. The van der Waals surface area contributed by atoms with Crippen LogP contribution in [0.1, 0.15) is 36.0 Å². The largest absolute Gasteiger partial charge is 0.478 e. The Labute approximate surface area is 117 Å². The lowest BCUT2D eigenvalue weighted by molar-refractivity contribution is 0.0696. The predicted molar refractivity (Wildman–Crippen MR) is 70.6 cm³/mol. The highest BCUT2D eigenvalue weighted by Crippen LogP contribution is 2.23. The third-order valence-corrected chi connectivity index (χ3v) is 5.29. The van der Waals surface area contributed by atoms with Crippen molar-refractivity contribution in [1.82, 2.24) is 4.31 Å². The predicted octanol–water partition coefficient (Wildman–Crippen LogP) is 2.09. The van der Waals surface area contributed by atoms with Crippen molar-refractivity contribution in [2.45, 2.75) is 30.6 Å². The zero-order valence-corrected chi connectivity index (χ0v) is 11.7. The molecule has 5 nitrogen and oxygen atoms in total. The van der Waals surface area contributed by atoms with Crippen LogP contribution < -0.4 is 0 Å². The zero-order chi connectivity index (χ0) is 14.8. The molecule has 1 fully saturated rings. The van der Waals surface area contributed by atoms with Gasteiger partial charge >= 0.3 is 5.97 Å². The number of benzene rings is 1. The summed E-state index contributed by atoms with van der Waals surface area (Å²) in [5.74, 6) is -2.31. The van der Waals surface area contributed by atoms with Crippen molar-refractivity contribution in [3.63, 3.8) is 0 Å². The van der Waals surface area contributed by atoms with Crippen molar-refractivity contribution in [3.8, 4) is 0 Å². The molecule has 1 saturated heterocycles. The van der Waals surface area contributed by atoms with Crippen molar-refractivity contribution in [3.05, 3.63) is 29.6 Å². The zero-order valence-electron chi connectivity index (χ0n) is 10.9. The van der Waals surface area contributed by atoms with Gasteiger partial charge in [-0.1, -0.05) is 12.8 Å². The van der Waals surface area contributed by atoms with Crippen molar-refractivity contribution < 1.29 is 22.7 Å². The molecular weight excluding hydrogens is 285 g/mol. The van der Waals surface area contributed by atoms with Crippen LogP contribution in [0.4, 0.5) is 4.39 Å². The topological polar surface area (TPSA) is 74.7 Å². The number of carbonyl (C=O) groups is 1. The Morgan fingerprint density at radius 1 is 1.15 bits per heavy atom. The molecule has 1 N–H and O–H groups in total. The van der Waals surface area contributed by atoms with Crippen LogP contribution in [0, 0.1) is 5.82 Å². The number of carboxylic acids is 1. The molecule has 1 aromatic rings. The van der Waals surface area contributed by atoms with Gasteiger partial charge in [0.05, 0.1) is 5.56 Å². The molecule has 0 bridgehead atoms. The molecule has 0 radical (unpaired) electrons. The van der Waals surface area contributed by atoms with E-state index in [1.807, 2.05) is 0 Å². The Hall–Kier alpha value is -1.47. The summed E-state index contributed by atoms with van der Waals surface area (Å²) in [6, 6.07) is 2.88. The first-order valence-corrected chi connectivity index (χ1v) is 7.90. The average Bonchev–Trinajstić information content (AvgIpc) is 2.67. The first-order valence-electron chi connectivity index (χ1n) is 6.46. The molecular formula is C13H16FNO4S. The fourth-order valence-corrected chi connectivity index (χ4v) is 3.83. The van der Waals surface area contributed by atoms with Gasteiger partial charge in [-0.15, -0.1) is 0 Å². The minimum atomic E-state index is -3.89. The number of hydrogen-bond donors (Lipinski definition) is 1. The van der Waals surface area contributed by atoms with E-state index < -0.39 is 26.7 Å². The molecule has 1 aromatic carbocycles. The lowest BCUT2D eigenvalue weighted by Gasteiger charge is -2.20. The molecule has 0 atom stereocenters. The Bertz CT molecular complexity index is 607. The highest BCUT2D eigenvalue weighted by atomic mass is 32.2. The molecule has 1 heterocycles. The maximum absolute atomic E-state index is 13.9. The number of aromatic carboxylic acids is 1. The van der Waals surface area contributed by atoms with Crippen molar-refractivity contribution in [2.24, 2.45) is 0 Å². The second-order valence-electron chi connectivity index (χ2n) is 4.77. The van der Waals surface area contributed by atoms with E-state index in [0.29, 0.717) is 13.1 Å². The SMILES string of the molecule is O=C(O)c1ccc(S(=O)(=O)N2CCCCCC2)c(F)c1. The lowest BCUT2D eigenvalue weighted by atomic mass is 10.2. The van der Waals surface area contributed by atoms with Crippen LogP contribution in [0.2, 0.25) is 0 Å². The molecule has 0 spiro atoms. The van der Waals surface area contributed by atoms with E-state index in [4.69, 9.17) is 5.11 Å². The smallest absolute Gasteiger partial charge is 0.335 e. The van der Waals surface area contributed by atoms with E-state index in [9.17, 15) is 17.6 Å². The van der Waals surface area contributed by atoms with Gasteiger partial charge in [0, 0.05) is 13.1 Å². The highest BCUT2D eigenvalue weighted by molar-refractivity contribution is 7.89. The summed E-state index contributed by atoms with van der Waals surface area (Å²) in [5, 5.41) is 8.76. The Morgan fingerprint density at radius 2 is 1.75 bits per heavy atom. The number of nitrogens with zero attached hydrogens (tertiary/aromatic N) is 1. The van der Waals surface area contributed by atoms with E-state index in [1.54, 1.807) is 0 Å². The van der Waals surface area contributed by atoms with Gasteiger partial charge in [-0.3, -0.25) is 0 Å². The summed E-state index contributed by atoms with van der Waals surface area (Å²) >= 11 is 0. The molecule has 2 rings (SSSR count). The first kappa shape index (κ1) is 14.9. The monoisotopic (exact) mass is 301 g/mol. The number of carboxylic acid groups (broad SMARTS) is 1. The minimum absolute atomic E-state index is 0.266. The van der Waals surface area contributed by atoms with Crippen LogP contribution in [0.15, 0.2) is 23.1 Å². The van der Waals surface area contributed by atoms with E-state index in [1.165, 1.54) is 4.31 Å².